The third kappa shape index (κ3) is 3.91. The maximum Gasteiger partial charge on any atom is 0.251 e. The topological polar surface area (TPSA) is 55.1 Å². The molecule has 1 aromatic rings. The second kappa shape index (κ2) is 6.64. The van der Waals surface area contributed by atoms with E-state index in [9.17, 15) is 4.79 Å². The molecule has 0 aromatic heterocycles. The monoisotopic (exact) mass is 268 g/mol. The van der Waals surface area contributed by atoms with Gasteiger partial charge in [-0.05, 0) is 55.9 Å². The molecule has 0 heterocycles. The molecule has 0 aliphatic heterocycles. The highest BCUT2D eigenvalue weighted by Gasteiger charge is 2.20. The number of hydrogen-bond donors (Lipinski definition) is 2. The Hall–Kier alpha value is -1.22. The van der Waals surface area contributed by atoms with Gasteiger partial charge in [-0.2, -0.15) is 0 Å². The number of nitrogen functional groups attached to an aromatic ring is 1. The largest absolute Gasteiger partial charge is 0.399 e. The number of anilines is 1. The van der Waals surface area contributed by atoms with Crippen molar-refractivity contribution < 1.29 is 4.79 Å². The highest BCUT2D eigenvalue weighted by atomic mass is 35.5. The lowest BCUT2D eigenvalue weighted by Crippen LogP contribution is -2.37. The summed E-state index contributed by atoms with van der Waals surface area (Å²) < 4.78 is 0. The van der Waals surface area contributed by atoms with Crippen molar-refractivity contribution in [1.82, 2.24) is 5.32 Å². The van der Waals surface area contributed by atoms with Crippen molar-refractivity contribution in [1.29, 1.82) is 0 Å². The molecule has 0 saturated heterocycles. The molecule has 1 saturated carbocycles. The lowest BCUT2D eigenvalue weighted by Gasteiger charge is -2.26. The van der Waals surface area contributed by atoms with Crippen molar-refractivity contribution in [3.05, 3.63) is 29.8 Å². The van der Waals surface area contributed by atoms with Crippen LogP contribution in [-0.2, 0) is 0 Å². The molecule has 1 fully saturated rings. The fourth-order valence-electron chi connectivity index (χ4n) is 2.31. The van der Waals surface area contributed by atoms with Gasteiger partial charge in [0, 0.05) is 17.3 Å². The molecule has 4 heteroatoms. The van der Waals surface area contributed by atoms with Crippen LogP contribution in [0.3, 0.4) is 0 Å². The molecule has 18 heavy (non-hydrogen) atoms. The summed E-state index contributed by atoms with van der Waals surface area (Å²) in [7, 11) is 0. The first-order valence-electron chi connectivity index (χ1n) is 6.31. The predicted molar refractivity (Wildman–Crippen MR) is 77.0 cm³/mol. The minimum atomic E-state index is 0. The molecule has 0 bridgehead atoms. The SMILES string of the molecule is CC1CCC(NC(=O)c2ccc(N)cc2)CC1.Cl. The first-order chi connectivity index (χ1) is 8.15. The number of amides is 1. The molecule has 0 radical (unpaired) electrons. The van der Waals surface area contributed by atoms with Crippen molar-refractivity contribution in [2.75, 3.05) is 5.73 Å². The molecule has 100 valence electrons. The van der Waals surface area contributed by atoms with Gasteiger partial charge in [0.2, 0.25) is 0 Å². The van der Waals surface area contributed by atoms with Crippen LogP contribution < -0.4 is 11.1 Å². The number of halogens is 1. The van der Waals surface area contributed by atoms with E-state index >= 15 is 0 Å². The fraction of sp³-hybridized carbons (Fsp3) is 0.500. The number of rotatable bonds is 2. The van der Waals surface area contributed by atoms with Crippen LogP contribution in [0.15, 0.2) is 24.3 Å². The third-order valence-corrected chi connectivity index (χ3v) is 3.52. The Bertz CT molecular complexity index is 383. The van der Waals surface area contributed by atoms with E-state index in [2.05, 4.69) is 12.2 Å². The van der Waals surface area contributed by atoms with Gasteiger partial charge in [0.05, 0.1) is 0 Å². The molecule has 1 amide bonds. The number of hydrogen-bond acceptors (Lipinski definition) is 2. The highest BCUT2D eigenvalue weighted by molar-refractivity contribution is 5.94. The van der Waals surface area contributed by atoms with Crippen LogP contribution in [0.4, 0.5) is 5.69 Å². The average molecular weight is 269 g/mol. The average Bonchev–Trinajstić information content (AvgIpc) is 2.33. The van der Waals surface area contributed by atoms with Crippen molar-refractivity contribution in [3.8, 4) is 0 Å². The summed E-state index contributed by atoms with van der Waals surface area (Å²) in [6.07, 6.45) is 4.63. The number of nitrogens with one attached hydrogen (secondary N) is 1. The summed E-state index contributed by atoms with van der Waals surface area (Å²) in [5, 5.41) is 3.10. The van der Waals surface area contributed by atoms with Crippen molar-refractivity contribution in [2.45, 2.75) is 38.6 Å². The van der Waals surface area contributed by atoms with E-state index in [0.717, 1.165) is 18.8 Å². The quantitative estimate of drug-likeness (QED) is 0.810. The summed E-state index contributed by atoms with van der Waals surface area (Å²) in [6.45, 7) is 2.28. The van der Waals surface area contributed by atoms with Crippen LogP contribution in [0, 0.1) is 5.92 Å². The lowest BCUT2D eigenvalue weighted by molar-refractivity contribution is 0.0923. The van der Waals surface area contributed by atoms with E-state index in [1.807, 2.05) is 0 Å². The number of carbonyl (C=O) groups is 1. The van der Waals surface area contributed by atoms with Gasteiger partial charge in [-0.1, -0.05) is 6.92 Å². The van der Waals surface area contributed by atoms with Crippen LogP contribution in [0.25, 0.3) is 0 Å². The van der Waals surface area contributed by atoms with E-state index in [1.54, 1.807) is 24.3 Å². The Morgan fingerprint density at radius 3 is 2.28 bits per heavy atom. The summed E-state index contributed by atoms with van der Waals surface area (Å²) in [5.41, 5.74) is 6.98. The normalized spacial score (nSPS) is 22.9. The summed E-state index contributed by atoms with van der Waals surface area (Å²) >= 11 is 0. The molecule has 1 aliphatic carbocycles. The predicted octanol–water partition coefficient (Wildman–Crippen LogP) is 3.00. The molecule has 1 aromatic carbocycles. The third-order valence-electron chi connectivity index (χ3n) is 3.52. The first-order valence-corrected chi connectivity index (χ1v) is 6.31. The molecule has 1 aliphatic rings. The van der Waals surface area contributed by atoms with Crippen LogP contribution in [0.2, 0.25) is 0 Å². The Morgan fingerprint density at radius 1 is 1.17 bits per heavy atom. The molecule has 0 spiro atoms. The molecule has 3 nitrogen and oxygen atoms in total. The van der Waals surface area contributed by atoms with Gasteiger partial charge < -0.3 is 11.1 Å². The van der Waals surface area contributed by atoms with Crippen molar-refractivity contribution in [2.24, 2.45) is 5.92 Å². The molecular weight excluding hydrogens is 248 g/mol. The van der Waals surface area contributed by atoms with Gasteiger partial charge in [0.1, 0.15) is 0 Å². The van der Waals surface area contributed by atoms with Crippen molar-refractivity contribution >= 4 is 24.0 Å². The zero-order chi connectivity index (χ0) is 12.3. The Labute approximate surface area is 115 Å². The minimum Gasteiger partial charge on any atom is -0.399 e. The fourth-order valence-corrected chi connectivity index (χ4v) is 2.31. The van der Waals surface area contributed by atoms with E-state index in [0.29, 0.717) is 17.3 Å². The van der Waals surface area contributed by atoms with Gasteiger partial charge in [-0.3, -0.25) is 4.79 Å². The van der Waals surface area contributed by atoms with E-state index in [4.69, 9.17) is 5.73 Å². The molecule has 2 rings (SSSR count). The Balaban J connectivity index is 0.00000162. The van der Waals surface area contributed by atoms with E-state index in [-0.39, 0.29) is 18.3 Å². The van der Waals surface area contributed by atoms with Gasteiger partial charge in [-0.25, -0.2) is 0 Å². The van der Waals surface area contributed by atoms with Crippen molar-refractivity contribution in [3.63, 3.8) is 0 Å². The Kier molecular flexibility index (Phi) is 5.48. The highest BCUT2D eigenvalue weighted by Crippen LogP contribution is 2.23. The summed E-state index contributed by atoms with van der Waals surface area (Å²) in [4.78, 5) is 12.0. The summed E-state index contributed by atoms with van der Waals surface area (Å²) in [6, 6.07) is 7.42. The van der Waals surface area contributed by atoms with Gasteiger partial charge in [0.15, 0.2) is 0 Å². The molecule has 3 N–H and O–H groups in total. The maximum absolute atomic E-state index is 12.0. The van der Waals surface area contributed by atoms with Gasteiger partial charge in [0.25, 0.3) is 5.91 Å². The standard InChI is InChI=1S/C14H20N2O.ClH/c1-10-2-8-13(9-3-10)16-14(17)11-4-6-12(15)7-5-11;/h4-7,10,13H,2-3,8-9,15H2,1H3,(H,16,17);1H. The molecule has 0 atom stereocenters. The minimum absolute atomic E-state index is 0. The summed E-state index contributed by atoms with van der Waals surface area (Å²) in [5.74, 6) is 0.823. The van der Waals surface area contributed by atoms with Crippen LogP contribution >= 0.6 is 12.4 Å². The van der Waals surface area contributed by atoms with E-state index in [1.165, 1.54) is 12.8 Å². The van der Waals surface area contributed by atoms with Gasteiger partial charge >= 0.3 is 0 Å². The zero-order valence-electron chi connectivity index (χ0n) is 10.7. The zero-order valence-corrected chi connectivity index (χ0v) is 11.5. The number of carbonyl (C=O) groups excluding carboxylic acids is 1. The van der Waals surface area contributed by atoms with Crippen LogP contribution in [0.1, 0.15) is 43.0 Å². The molecule has 0 unspecified atom stereocenters. The second-order valence-electron chi connectivity index (χ2n) is 5.05. The maximum atomic E-state index is 12.0. The second-order valence-corrected chi connectivity index (χ2v) is 5.05. The van der Waals surface area contributed by atoms with Gasteiger partial charge in [-0.15, -0.1) is 12.4 Å². The Morgan fingerprint density at radius 2 is 1.72 bits per heavy atom. The smallest absolute Gasteiger partial charge is 0.251 e. The van der Waals surface area contributed by atoms with Crippen LogP contribution in [0.5, 0.6) is 0 Å². The first kappa shape index (κ1) is 14.8. The van der Waals surface area contributed by atoms with Crippen LogP contribution in [-0.4, -0.2) is 11.9 Å². The number of nitrogens with two attached hydrogens (primary N) is 1. The lowest BCUT2D eigenvalue weighted by atomic mass is 9.87. The van der Waals surface area contributed by atoms with E-state index < -0.39 is 0 Å². The number of benzene rings is 1. The molecular formula is C14H21ClN2O.